The first-order chi connectivity index (χ1) is 9.07. The molecule has 5 nitrogen and oxygen atoms in total. The monoisotopic (exact) mass is 282 g/mol. The Bertz CT molecular complexity index is 696. The third-order valence-electron chi connectivity index (χ3n) is 3.00. The Kier molecular flexibility index (Phi) is 3.90. The van der Waals surface area contributed by atoms with E-state index in [0.29, 0.717) is 17.6 Å². The standard InChI is InChI=1S/C13H15O5P/c1-4-9-10-7-5-6-8-11(10)18-13(14)12(9)19(15,16-2)17-3/h5-8H,4H2,1-3H3. The molecule has 0 radical (unpaired) electrons. The van der Waals surface area contributed by atoms with E-state index in [0.717, 1.165) is 5.39 Å². The Morgan fingerprint density at radius 2 is 1.84 bits per heavy atom. The van der Waals surface area contributed by atoms with Crippen LogP contribution >= 0.6 is 7.60 Å². The molecule has 0 bridgehead atoms. The lowest BCUT2D eigenvalue weighted by molar-refractivity contribution is 0.286. The summed E-state index contributed by atoms with van der Waals surface area (Å²) in [5, 5.41) is 0.729. The molecule has 0 saturated heterocycles. The molecule has 2 aromatic rings. The molecule has 0 aliphatic carbocycles. The summed E-state index contributed by atoms with van der Waals surface area (Å²) in [6, 6.07) is 7.12. The fourth-order valence-corrected chi connectivity index (χ4v) is 3.49. The van der Waals surface area contributed by atoms with Crippen molar-refractivity contribution < 1.29 is 18.0 Å². The molecule has 0 saturated carbocycles. The first-order valence-corrected chi connectivity index (χ1v) is 7.38. The molecule has 0 unspecified atom stereocenters. The molecule has 0 amide bonds. The largest absolute Gasteiger partial charge is 0.422 e. The van der Waals surface area contributed by atoms with Gasteiger partial charge < -0.3 is 13.5 Å². The van der Waals surface area contributed by atoms with Crippen LogP contribution in [-0.4, -0.2) is 14.2 Å². The molecule has 0 N–H and O–H groups in total. The average Bonchev–Trinajstić information content (AvgIpc) is 2.45. The molecular weight excluding hydrogens is 267 g/mol. The fraction of sp³-hybridized carbons (Fsp3) is 0.308. The zero-order valence-corrected chi connectivity index (χ0v) is 11.9. The molecule has 6 heteroatoms. The molecule has 0 fully saturated rings. The fourth-order valence-electron chi connectivity index (χ4n) is 2.10. The highest BCUT2D eigenvalue weighted by Crippen LogP contribution is 2.45. The predicted octanol–water partition coefficient (Wildman–Crippen LogP) is 2.47. The smallest absolute Gasteiger partial charge is 0.368 e. The molecular formula is C13H15O5P. The second-order valence-electron chi connectivity index (χ2n) is 3.93. The highest BCUT2D eigenvalue weighted by atomic mass is 31.2. The maximum Gasteiger partial charge on any atom is 0.368 e. The normalized spacial score (nSPS) is 11.9. The van der Waals surface area contributed by atoms with Crippen LogP contribution in [0.2, 0.25) is 0 Å². The highest BCUT2D eigenvalue weighted by Gasteiger charge is 2.33. The first-order valence-electron chi connectivity index (χ1n) is 5.84. The molecule has 0 spiro atoms. The summed E-state index contributed by atoms with van der Waals surface area (Å²) in [5.74, 6) is 0. The number of rotatable bonds is 4. The predicted molar refractivity (Wildman–Crippen MR) is 73.1 cm³/mol. The topological polar surface area (TPSA) is 65.7 Å². The van der Waals surface area contributed by atoms with Gasteiger partial charge in [0.15, 0.2) is 5.30 Å². The van der Waals surface area contributed by atoms with Crippen molar-refractivity contribution in [1.29, 1.82) is 0 Å². The third kappa shape index (κ3) is 2.25. The highest BCUT2D eigenvalue weighted by molar-refractivity contribution is 7.62. The van der Waals surface area contributed by atoms with Gasteiger partial charge in [0.05, 0.1) is 0 Å². The molecule has 1 aromatic heterocycles. The second-order valence-corrected chi connectivity index (χ2v) is 6.10. The number of hydrogen-bond donors (Lipinski definition) is 0. The quantitative estimate of drug-likeness (QED) is 0.636. The van der Waals surface area contributed by atoms with Gasteiger partial charge in [-0.2, -0.15) is 0 Å². The minimum absolute atomic E-state index is 0.0151. The van der Waals surface area contributed by atoms with Crippen molar-refractivity contribution in [2.24, 2.45) is 0 Å². The van der Waals surface area contributed by atoms with Crippen molar-refractivity contribution in [3.05, 3.63) is 40.2 Å². The Labute approximate surface area is 110 Å². The molecule has 1 heterocycles. The van der Waals surface area contributed by atoms with Crippen molar-refractivity contribution in [3.8, 4) is 0 Å². The van der Waals surface area contributed by atoms with Gasteiger partial charge in [-0.1, -0.05) is 25.1 Å². The zero-order valence-electron chi connectivity index (χ0n) is 11.0. The molecule has 0 atom stereocenters. The average molecular weight is 282 g/mol. The van der Waals surface area contributed by atoms with Gasteiger partial charge in [-0.3, -0.25) is 4.57 Å². The Balaban J connectivity index is 2.92. The Morgan fingerprint density at radius 1 is 1.21 bits per heavy atom. The van der Waals surface area contributed by atoms with E-state index in [-0.39, 0.29) is 5.30 Å². The van der Waals surface area contributed by atoms with Gasteiger partial charge >= 0.3 is 13.2 Å². The SMILES string of the molecule is CCc1c(P(=O)(OC)OC)c(=O)oc2ccccc12. The van der Waals surface area contributed by atoms with Crippen LogP contribution in [0.15, 0.2) is 33.5 Å². The summed E-state index contributed by atoms with van der Waals surface area (Å²) in [6.07, 6.45) is 0.526. The minimum atomic E-state index is -3.64. The summed E-state index contributed by atoms with van der Waals surface area (Å²) in [5.41, 5.74) is 0.424. The Hall–Kier alpha value is -1.42. The number of fused-ring (bicyclic) bond motifs is 1. The van der Waals surface area contributed by atoms with Crippen LogP contribution in [-0.2, 0) is 20.0 Å². The molecule has 19 heavy (non-hydrogen) atoms. The van der Waals surface area contributed by atoms with E-state index in [1.165, 1.54) is 14.2 Å². The van der Waals surface area contributed by atoms with Gasteiger partial charge in [-0.25, -0.2) is 4.79 Å². The first kappa shape index (κ1) is 14.0. The van der Waals surface area contributed by atoms with E-state index in [2.05, 4.69) is 0 Å². The second kappa shape index (κ2) is 5.29. The van der Waals surface area contributed by atoms with E-state index in [4.69, 9.17) is 13.5 Å². The van der Waals surface area contributed by atoms with Crippen molar-refractivity contribution in [2.45, 2.75) is 13.3 Å². The van der Waals surface area contributed by atoms with Gasteiger partial charge in [0.25, 0.3) is 0 Å². The third-order valence-corrected chi connectivity index (χ3v) is 4.96. The van der Waals surface area contributed by atoms with Crippen molar-refractivity contribution >= 4 is 23.9 Å². The van der Waals surface area contributed by atoms with Crippen molar-refractivity contribution in [2.75, 3.05) is 14.2 Å². The summed E-state index contributed by atoms with van der Waals surface area (Å²) in [6.45, 7) is 1.88. The summed E-state index contributed by atoms with van der Waals surface area (Å²) in [4.78, 5) is 12.1. The van der Waals surface area contributed by atoms with Gasteiger partial charge in [-0.05, 0) is 18.1 Å². The lowest BCUT2D eigenvalue weighted by Gasteiger charge is -2.16. The van der Waals surface area contributed by atoms with Crippen LogP contribution in [0.3, 0.4) is 0 Å². The summed E-state index contributed by atoms with van der Waals surface area (Å²) < 4.78 is 27.5. The lowest BCUT2D eigenvalue weighted by Crippen LogP contribution is -2.29. The molecule has 2 rings (SSSR count). The number of hydrogen-bond acceptors (Lipinski definition) is 5. The van der Waals surface area contributed by atoms with Crippen molar-refractivity contribution in [3.63, 3.8) is 0 Å². The van der Waals surface area contributed by atoms with E-state index in [1.807, 2.05) is 19.1 Å². The molecule has 1 aromatic carbocycles. The van der Waals surface area contributed by atoms with Gasteiger partial charge in [0.1, 0.15) is 5.58 Å². The van der Waals surface area contributed by atoms with Crippen LogP contribution < -0.4 is 10.9 Å². The number of para-hydroxylation sites is 1. The summed E-state index contributed by atoms with van der Waals surface area (Å²) >= 11 is 0. The van der Waals surface area contributed by atoms with Crippen LogP contribution in [0.5, 0.6) is 0 Å². The Morgan fingerprint density at radius 3 is 2.42 bits per heavy atom. The van der Waals surface area contributed by atoms with Crippen LogP contribution in [0, 0.1) is 0 Å². The number of benzene rings is 1. The summed E-state index contributed by atoms with van der Waals surface area (Å²) in [7, 11) is -1.14. The molecule has 0 aliphatic heterocycles. The lowest BCUT2D eigenvalue weighted by atomic mass is 10.1. The van der Waals surface area contributed by atoms with Gasteiger partial charge in [-0.15, -0.1) is 0 Å². The number of aryl methyl sites for hydroxylation is 1. The van der Waals surface area contributed by atoms with Crippen LogP contribution in [0.1, 0.15) is 12.5 Å². The van der Waals surface area contributed by atoms with Gasteiger partial charge in [0, 0.05) is 19.6 Å². The van der Waals surface area contributed by atoms with Crippen LogP contribution in [0.4, 0.5) is 0 Å². The van der Waals surface area contributed by atoms with Crippen LogP contribution in [0.25, 0.3) is 11.0 Å². The molecule has 0 aliphatic rings. The van der Waals surface area contributed by atoms with E-state index < -0.39 is 13.2 Å². The van der Waals surface area contributed by atoms with E-state index in [9.17, 15) is 9.36 Å². The zero-order chi connectivity index (χ0) is 14.0. The van der Waals surface area contributed by atoms with E-state index >= 15 is 0 Å². The van der Waals surface area contributed by atoms with E-state index in [1.54, 1.807) is 12.1 Å². The van der Waals surface area contributed by atoms with Gasteiger partial charge in [0.2, 0.25) is 0 Å². The maximum absolute atomic E-state index is 12.5. The van der Waals surface area contributed by atoms with Crippen molar-refractivity contribution in [1.82, 2.24) is 0 Å². The molecule has 102 valence electrons. The maximum atomic E-state index is 12.5. The minimum Gasteiger partial charge on any atom is -0.422 e.